The molecule has 0 heterocycles. The zero-order chi connectivity index (χ0) is 19.5. The summed E-state index contributed by atoms with van der Waals surface area (Å²) in [5, 5.41) is 19.6. The number of hydrogen-bond donors (Lipinski definition) is 2. The molecule has 0 aliphatic heterocycles. The summed E-state index contributed by atoms with van der Waals surface area (Å²) in [7, 11) is 0. The van der Waals surface area contributed by atoms with Crippen molar-refractivity contribution in [3.8, 4) is 0 Å². The number of esters is 1. The summed E-state index contributed by atoms with van der Waals surface area (Å²) in [5.74, 6) is -1.71. The van der Waals surface area contributed by atoms with Gasteiger partial charge in [0.1, 0.15) is 11.7 Å². The Labute approximate surface area is 152 Å². The summed E-state index contributed by atoms with van der Waals surface area (Å²) in [4.78, 5) is 35.8. The summed E-state index contributed by atoms with van der Waals surface area (Å²) >= 11 is 0. The first-order valence-electron chi connectivity index (χ1n) is 9.07. The number of carboxylic acid groups (broad SMARTS) is 1. The Morgan fingerprint density at radius 3 is 2.38 bits per heavy atom. The summed E-state index contributed by atoms with van der Waals surface area (Å²) in [6.45, 7) is 7.30. The van der Waals surface area contributed by atoms with E-state index in [2.05, 4.69) is 0 Å². The van der Waals surface area contributed by atoms with E-state index >= 15 is 0 Å². The highest BCUT2D eigenvalue weighted by molar-refractivity contribution is 6.09. The summed E-state index contributed by atoms with van der Waals surface area (Å²) in [6, 6.07) is 0. The van der Waals surface area contributed by atoms with Crippen molar-refractivity contribution in [3.63, 3.8) is 0 Å². The van der Waals surface area contributed by atoms with Crippen LogP contribution in [-0.4, -0.2) is 39.6 Å². The number of Topliss-reactive ketones (excluding diaryl/α,β-unsaturated/α-hetero) is 1. The standard InChI is InChI=1S/C20H26O6/c1-11-15-12(16(24)19(4,25)20(11)8-9-20)10-18(2,3)17(15)26-14(23)7-5-6-13(21)22/h10,17,25H,5-9H2,1-4H3,(H,21,22)/t17-,19+/m1/s1. The second kappa shape index (κ2) is 5.78. The van der Waals surface area contributed by atoms with E-state index in [1.165, 1.54) is 0 Å². The third kappa shape index (κ3) is 2.62. The van der Waals surface area contributed by atoms with Gasteiger partial charge in [-0.2, -0.15) is 0 Å². The predicted molar refractivity (Wildman–Crippen MR) is 93.2 cm³/mol. The number of carbonyl (C=O) groups is 3. The molecular weight excluding hydrogens is 336 g/mol. The highest BCUT2D eigenvalue weighted by Crippen LogP contribution is 2.65. The van der Waals surface area contributed by atoms with Gasteiger partial charge in [0.05, 0.1) is 0 Å². The number of carbonyl (C=O) groups excluding carboxylic acids is 2. The van der Waals surface area contributed by atoms with Crippen molar-refractivity contribution in [2.24, 2.45) is 10.8 Å². The number of carboxylic acids is 1. The first-order valence-corrected chi connectivity index (χ1v) is 9.07. The Balaban J connectivity index is 1.90. The van der Waals surface area contributed by atoms with Crippen molar-refractivity contribution in [1.29, 1.82) is 0 Å². The van der Waals surface area contributed by atoms with Crippen LogP contribution in [0.4, 0.5) is 0 Å². The average molecular weight is 362 g/mol. The Morgan fingerprint density at radius 1 is 1.23 bits per heavy atom. The van der Waals surface area contributed by atoms with Gasteiger partial charge in [-0.15, -0.1) is 0 Å². The highest BCUT2D eigenvalue weighted by Gasteiger charge is 2.66. The van der Waals surface area contributed by atoms with Crippen molar-refractivity contribution in [3.05, 3.63) is 22.8 Å². The number of ether oxygens (including phenoxy) is 1. The Hall–Kier alpha value is -1.95. The first kappa shape index (κ1) is 18.8. The Bertz CT molecular complexity index is 748. The number of aliphatic carboxylic acids is 1. The first-order chi connectivity index (χ1) is 11.9. The van der Waals surface area contributed by atoms with Crippen LogP contribution in [0.25, 0.3) is 0 Å². The quantitative estimate of drug-likeness (QED) is 0.729. The largest absolute Gasteiger partial charge is 0.481 e. The van der Waals surface area contributed by atoms with E-state index in [0.29, 0.717) is 5.57 Å². The molecule has 2 atom stereocenters. The van der Waals surface area contributed by atoms with Gasteiger partial charge in [0, 0.05) is 34.8 Å². The molecule has 0 amide bonds. The molecular formula is C20H26O6. The molecule has 142 valence electrons. The molecule has 1 saturated carbocycles. The summed E-state index contributed by atoms with van der Waals surface area (Å²) in [5.41, 5.74) is -0.426. The molecule has 0 aromatic rings. The molecule has 0 radical (unpaired) electrons. The molecule has 1 spiro atoms. The molecule has 0 unspecified atom stereocenters. The molecule has 1 fully saturated rings. The molecule has 0 bridgehead atoms. The van der Waals surface area contributed by atoms with Crippen LogP contribution in [0, 0.1) is 10.8 Å². The molecule has 0 aromatic heterocycles. The lowest BCUT2D eigenvalue weighted by atomic mass is 9.67. The second-order valence-corrected chi connectivity index (χ2v) is 8.52. The maximum absolute atomic E-state index is 12.9. The average Bonchev–Trinajstić information content (AvgIpc) is 3.28. The lowest BCUT2D eigenvalue weighted by Gasteiger charge is -2.40. The van der Waals surface area contributed by atoms with Crippen molar-refractivity contribution in [2.75, 3.05) is 0 Å². The normalized spacial score (nSPS) is 30.9. The Morgan fingerprint density at radius 2 is 1.85 bits per heavy atom. The molecule has 0 aromatic carbocycles. The third-order valence-corrected chi connectivity index (χ3v) is 6.26. The number of hydrogen-bond acceptors (Lipinski definition) is 5. The van der Waals surface area contributed by atoms with Gasteiger partial charge in [0.15, 0.2) is 5.78 Å². The Kier molecular flexibility index (Phi) is 4.18. The molecule has 6 heteroatoms. The van der Waals surface area contributed by atoms with Crippen LogP contribution >= 0.6 is 0 Å². The molecule has 3 aliphatic rings. The molecule has 3 rings (SSSR count). The van der Waals surface area contributed by atoms with Crippen LogP contribution in [0.5, 0.6) is 0 Å². The fourth-order valence-electron chi connectivity index (χ4n) is 4.50. The van der Waals surface area contributed by atoms with Gasteiger partial charge in [0.25, 0.3) is 0 Å². The lowest BCUT2D eigenvalue weighted by Crippen LogP contribution is -2.50. The number of fused-ring (bicyclic) bond motifs is 1. The van der Waals surface area contributed by atoms with E-state index in [4.69, 9.17) is 9.84 Å². The zero-order valence-corrected chi connectivity index (χ0v) is 15.7. The second-order valence-electron chi connectivity index (χ2n) is 8.52. The SMILES string of the molecule is CC1=C2C(=CC(C)(C)[C@@H]2OC(=O)CCCC(=O)O)C(=O)[C@](C)(O)C12CC2. The van der Waals surface area contributed by atoms with Crippen LogP contribution in [-0.2, 0) is 19.1 Å². The fourth-order valence-corrected chi connectivity index (χ4v) is 4.50. The van der Waals surface area contributed by atoms with Crippen molar-refractivity contribution < 1.29 is 29.3 Å². The van der Waals surface area contributed by atoms with Crippen LogP contribution in [0.3, 0.4) is 0 Å². The molecule has 26 heavy (non-hydrogen) atoms. The van der Waals surface area contributed by atoms with Crippen LogP contribution in [0.1, 0.15) is 59.8 Å². The minimum Gasteiger partial charge on any atom is -0.481 e. The van der Waals surface area contributed by atoms with E-state index < -0.39 is 34.5 Å². The minimum atomic E-state index is -1.43. The van der Waals surface area contributed by atoms with E-state index in [0.717, 1.165) is 24.0 Å². The van der Waals surface area contributed by atoms with Crippen molar-refractivity contribution in [1.82, 2.24) is 0 Å². The van der Waals surface area contributed by atoms with Gasteiger partial charge in [-0.1, -0.05) is 25.5 Å². The van der Waals surface area contributed by atoms with Crippen molar-refractivity contribution in [2.45, 2.75) is 71.5 Å². The van der Waals surface area contributed by atoms with Gasteiger partial charge in [-0.05, 0) is 33.1 Å². The van der Waals surface area contributed by atoms with Gasteiger partial charge in [-0.25, -0.2) is 0 Å². The van der Waals surface area contributed by atoms with E-state index in [-0.39, 0.29) is 25.0 Å². The third-order valence-electron chi connectivity index (χ3n) is 6.26. The fraction of sp³-hybridized carbons (Fsp3) is 0.650. The van der Waals surface area contributed by atoms with Gasteiger partial charge in [-0.3, -0.25) is 14.4 Å². The van der Waals surface area contributed by atoms with Gasteiger partial charge >= 0.3 is 11.9 Å². The van der Waals surface area contributed by atoms with Gasteiger partial charge in [0.2, 0.25) is 0 Å². The minimum absolute atomic E-state index is 0.0251. The van der Waals surface area contributed by atoms with E-state index in [1.807, 2.05) is 20.8 Å². The van der Waals surface area contributed by atoms with E-state index in [1.54, 1.807) is 13.0 Å². The molecule has 3 aliphatic carbocycles. The number of ketones is 1. The van der Waals surface area contributed by atoms with Gasteiger partial charge < -0.3 is 14.9 Å². The smallest absolute Gasteiger partial charge is 0.306 e. The van der Waals surface area contributed by atoms with Crippen LogP contribution < -0.4 is 0 Å². The summed E-state index contributed by atoms with van der Waals surface area (Å²) < 4.78 is 5.71. The molecule has 2 N–H and O–H groups in total. The highest BCUT2D eigenvalue weighted by atomic mass is 16.5. The molecule has 0 saturated heterocycles. The van der Waals surface area contributed by atoms with Crippen LogP contribution in [0.15, 0.2) is 22.8 Å². The maximum Gasteiger partial charge on any atom is 0.306 e. The summed E-state index contributed by atoms with van der Waals surface area (Å²) in [6.07, 6.45) is 2.86. The topological polar surface area (TPSA) is 101 Å². The zero-order valence-electron chi connectivity index (χ0n) is 15.7. The lowest BCUT2D eigenvalue weighted by molar-refractivity contribution is -0.151. The predicted octanol–water partition coefficient (Wildman–Crippen LogP) is 2.55. The number of rotatable bonds is 5. The number of aliphatic hydroxyl groups is 1. The van der Waals surface area contributed by atoms with Crippen LogP contribution in [0.2, 0.25) is 0 Å². The maximum atomic E-state index is 12.9. The molecule has 6 nitrogen and oxygen atoms in total. The van der Waals surface area contributed by atoms with E-state index in [9.17, 15) is 19.5 Å². The van der Waals surface area contributed by atoms with Crippen molar-refractivity contribution >= 4 is 17.7 Å². The monoisotopic (exact) mass is 362 g/mol.